The molecule has 1 heteroatoms. The van der Waals surface area contributed by atoms with E-state index in [0.717, 1.165) is 12.0 Å². The van der Waals surface area contributed by atoms with Crippen molar-refractivity contribution in [3.63, 3.8) is 0 Å². The molecule has 0 aliphatic rings. The summed E-state index contributed by atoms with van der Waals surface area (Å²) in [5.74, 6) is 0.159. The Balaban J connectivity index is 2.73. The molecule has 0 bridgehead atoms. The van der Waals surface area contributed by atoms with Gasteiger partial charge in [-0.3, -0.25) is 4.79 Å². The summed E-state index contributed by atoms with van der Waals surface area (Å²) in [6, 6.07) is 8.44. The zero-order valence-electron chi connectivity index (χ0n) is 13.1. The van der Waals surface area contributed by atoms with Gasteiger partial charge in [-0.2, -0.15) is 0 Å². The van der Waals surface area contributed by atoms with E-state index in [2.05, 4.69) is 45.0 Å². The fourth-order valence-electron chi connectivity index (χ4n) is 1.78. The Labute approximate surface area is 117 Å². The first-order valence-corrected chi connectivity index (χ1v) is 6.89. The van der Waals surface area contributed by atoms with Crippen molar-refractivity contribution in [3.05, 3.63) is 41.5 Å². The maximum absolute atomic E-state index is 11.8. The maximum Gasteiger partial charge on any atom is 0.161 e. The summed E-state index contributed by atoms with van der Waals surface area (Å²) in [7, 11) is 0. The first-order valence-electron chi connectivity index (χ1n) is 6.89. The van der Waals surface area contributed by atoms with Crippen LogP contribution in [0.5, 0.6) is 0 Å². The van der Waals surface area contributed by atoms with Crippen molar-refractivity contribution in [1.82, 2.24) is 0 Å². The SMILES string of the molecule is CC(C)(C)Cc1ccc(/C=C/C(=O)C(C)(C)C)cc1. The van der Waals surface area contributed by atoms with E-state index in [4.69, 9.17) is 0 Å². The molecule has 104 valence electrons. The average Bonchev–Trinajstić information content (AvgIpc) is 2.24. The van der Waals surface area contributed by atoms with Gasteiger partial charge < -0.3 is 0 Å². The summed E-state index contributed by atoms with van der Waals surface area (Å²) in [4.78, 5) is 11.8. The van der Waals surface area contributed by atoms with Gasteiger partial charge in [-0.1, -0.05) is 71.9 Å². The van der Waals surface area contributed by atoms with Crippen LogP contribution in [0.15, 0.2) is 30.3 Å². The minimum absolute atomic E-state index is 0.159. The van der Waals surface area contributed by atoms with Crippen LogP contribution in [0, 0.1) is 10.8 Å². The topological polar surface area (TPSA) is 17.1 Å². The number of hydrogen-bond acceptors (Lipinski definition) is 1. The van der Waals surface area contributed by atoms with Crippen LogP contribution in [0.25, 0.3) is 6.08 Å². The predicted octanol–water partition coefficient (Wildman–Crippen LogP) is 4.90. The van der Waals surface area contributed by atoms with Crippen LogP contribution in [0.4, 0.5) is 0 Å². The highest BCUT2D eigenvalue weighted by atomic mass is 16.1. The largest absolute Gasteiger partial charge is 0.294 e. The fourth-order valence-corrected chi connectivity index (χ4v) is 1.78. The second-order valence-electron chi connectivity index (χ2n) is 7.43. The van der Waals surface area contributed by atoms with E-state index in [1.54, 1.807) is 6.08 Å². The fraction of sp³-hybridized carbons (Fsp3) is 0.500. The van der Waals surface area contributed by atoms with Crippen LogP contribution in [-0.2, 0) is 11.2 Å². The summed E-state index contributed by atoms with van der Waals surface area (Å²) in [6.07, 6.45) is 4.64. The van der Waals surface area contributed by atoms with Crippen LogP contribution in [0.1, 0.15) is 52.7 Å². The Morgan fingerprint density at radius 3 is 1.95 bits per heavy atom. The number of carbonyl (C=O) groups excluding carboxylic acids is 1. The van der Waals surface area contributed by atoms with Crippen LogP contribution < -0.4 is 0 Å². The highest BCUT2D eigenvalue weighted by Crippen LogP contribution is 2.21. The van der Waals surface area contributed by atoms with E-state index in [-0.39, 0.29) is 11.2 Å². The van der Waals surface area contributed by atoms with Crippen molar-refractivity contribution in [2.45, 2.75) is 48.0 Å². The van der Waals surface area contributed by atoms with Crippen LogP contribution in [-0.4, -0.2) is 5.78 Å². The molecule has 0 radical (unpaired) electrons. The van der Waals surface area contributed by atoms with Gasteiger partial charge >= 0.3 is 0 Å². The van der Waals surface area contributed by atoms with Gasteiger partial charge in [0.1, 0.15) is 0 Å². The molecule has 0 aliphatic carbocycles. The second-order valence-corrected chi connectivity index (χ2v) is 7.43. The molecular weight excluding hydrogens is 232 g/mol. The minimum atomic E-state index is -0.303. The first-order chi connectivity index (χ1) is 8.58. The molecule has 0 amide bonds. The van der Waals surface area contributed by atoms with E-state index in [1.807, 2.05) is 26.8 Å². The van der Waals surface area contributed by atoms with Gasteiger partial charge in [-0.05, 0) is 29.0 Å². The highest BCUT2D eigenvalue weighted by molar-refractivity contribution is 5.97. The lowest BCUT2D eigenvalue weighted by Gasteiger charge is -2.18. The van der Waals surface area contributed by atoms with Crippen molar-refractivity contribution in [1.29, 1.82) is 0 Å². The van der Waals surface area contributed by atoms with Crippen molar-refractivity contribution < 1.29 is 4.79 Å². The molecule has 0 aliphatic heterocycles. The zero-order valence-corrected chi connectivity index (χ0v) is 13.1. The van der Waals surface area contributed by atoms with Gasteiger partial charge in [0, 0.05) is 5.41 Å². The van der Waals surface area contributed by atoms with E-state index in [1.165, 1.54) is 5.56 Å². The number of allylic oxidation sites excluding steroid dienone is 1. The Kier molecular flexibility index (Phi) is 4.73. The van der Waals surface area contributed by atoms with Gasteiger partial charge in [-0.15, -0.1) is 0 Å². The van der Waals surface area contributed by atoms with Crippen molar-refractivity contribution >= 4 is 11.9 Å². The lowest BCUT2D eigenvalue weighted by Crippen LogP contribution is -2.17. The normalized spacial score (nSPS) is 12.9. The summed E-state index contributed by atoms with van der Waals surface area (Å²) in [6.45, 7) is 12.5. The lowest BCUT2D eigenvalue weighted by atomic mass is 9.88. The number of benzene rings is 1. The molecule has 0 fully saturated rings. The standard InChI is InChI=1S/C18H26O/c1-17(2,3)13-15-9-7-14(8-10-15)11-12-16(19)18(4,5)6/h7-12H,13H2,1-6H3/b12-11+. The molecule has 0 saturated heterocycles. The quantitative estimate of drug-likeness (QED) is 0.704. The zero-order chi connectivity index (χ0) is 14.7. The van der Waals surface area contributed by atoms with Gasteiger partial charge in [0.25, 0.3) is 0 Å². The molecule has 0 unspecified atom stereocenters. The third kappa shape index (κ3) is 5.87. The van der Waals surface area contributed by atoms with E-state index in [9.17, 15) is 4.79 Å². The molecule has 0 aromatic heterocycles. The monoisotopic (exact) mass is 258 g/mol. The number of ketones is 1. The Bertz CT molecular complexity index is 450. The molecule has 0 N–H and O–H groups in total. The van der Waals surface area contributed by atoms with Crippen molar-refractivity contribution in [3.8, 4) is 0 Å². The van der Waals surface area contributed by atoms with Crippen molar-refractivity contribution in [2.24, 2.45) is 10.8 Å². The predicted molar refractivity (Wildman–Crippen MR) is 83.1 cm³/mol. The van der Waals surface area contributed by atoms with E-state index >= 15 is 0 Å². The third-order valence-electron chi connectivity index (χ3n) is 2.88. The van der Waals surface area contributed by atoms with E-state index in [0.29, 0.717) is 5.41 Å². The summed E-state index contributed by atoms with van der Waals surface area (Å²) in [5, 5.41) is 0. The van der Waals surface area contributed by atoms with Crippen LogP contribution in [0.3, 0.4) is 0 Å². The van der Waals surface area contributed by atoms with Crippen LogP contribution >= 0.6 is 0 Å². The van der Waals surface area contributed by atoms with Gasteiger partial charge in [0.15, 0.2) is 5.78 Å². The molecule has 0 atom stereocenters. The Morgan fingerprint density at radius 1 is 1.00 bits per heavy atom. The molecule has 0 saturated carbocycles. The second kappa shape index (κ2) is 5.73. The smallest absolute Gasteiger partial charge is 0.161 e. The molecule has 0 heterocycles. The summed E-state index contributed by atoms with van der Waals surface area (Å²) < 4.78 is 0. The van der Waals surface area contributed by atoms with Gasteiger partial charge in [0.2, 0.25) is 0 Å². The van der Waals surface area contributed by atoms with Crippen LogP contribution in [0.2, 0.25) is 0 Å². The first kappa shape index (κ1) is 15.7. The molecule has 1 rings (SSSR count). The molecule has 0 spiro atoms. The molecule has 1 aromatic rings. The number of rotatable bonds is 3. The van der Waals surface area contributed by atoms with Crippen molar-refractivity contribution in [2.75, 3.05) is 0 Å². The lowest BCUT2D eigenvalue weighted by molar-refractivity contribution is -0.121. The number of carbonyl (C=O) groups is 1. The third-order valence-corrected chi connectivity index (χ3v) is 2.88. The summed E-state index contributed by atoms with van der Waals surface area (Å²) in [5.41, 5.74) is 2.42. The van der Waals surface area contributed by atoms with E-state index < -0.39 is 0 Å². The molecule has 19 heavy (non-hydrogen) atoms. The molecular formula is C18H26O. The summed E-state index contributed by atoms with van der Waals surface area (Å²) >= 11 is 0. The Hall–Kier alpha value is -1.37. The minimum Gasteiger partial charge on any atom is -0.294 e. The maximum atomic E-state index is 11.8. The molecule has 1 nitrogen and oxygen atoms in total. The number of hydrogen-bond donors (Lipinski definition) is 0. The highest BCUT2D eigenvalue weighted by Gasteiger charge is 2.17. The van der Waals surface area contributed by atoms with Gasteiger partial charge in [-0.25, -0.2) is 0 Å². The average molecular weight is 258 g/mol. The Morgan fingerprint density at radius 2 is 1.53 bits per heavy atom. The van der Waals surface area contributed by atoms with Gasteiger partial charge in [0.05, 0.1) is 0 Å². The molecule has 1 aromatic carbocycles.